The summed E-state index contributed by atoms with van der Waals surface area (Å²) in [6.07, 6.45) is 3.76. The van der Waals surface area contributed by atoms with Gasteiger partial charge in [0.25, 0.3) is 5.91 Å². The first-order valence-corrected chi connectivity index (χ1v) is 4.96. The summed E-state index contributed by atoms with van der Waals surface area (Å²) in [6, 6.07) is 2.39. The van der Waals surface area contributed by atoms with Crippen molar-refractivity contribution in [2.45, 2.75) is 25.8 Å². The predicted molar refractivity (Wildman–Crippen MR) is 53.4 cm³/mol. The molecule has 5 heteroatoms. The third kappa shape index (κ3) is 3.19. The van der Waals surface area contributed by atoms with E-state index in [-0.39, 0.29) is 18.5 Å². The fraction of sp³-hybridized carbons (Fsp3) is 0.500. The number of nitrogens with one attached hydrogen (secondary N) is 1. The van der Waals surface area contributed by atoms with Crippen molar-refractivity contribution in [3.8, 4) is 6.01 Å². The first kappa shape index (κ1) is 9.89. The quantitative estimate of drug-likeness (QED) is 0.778. The first-order chi connectivity index (χ1) is 7.24. The van der Waals surface area contributed by atoms with Crippen LogP contribution >= 0.6 is 0 Å². The first-order valence-electron chi connectivity index (χ1n) is 4.96. The lowest BCUT2D eigenvalue weighted by atomic mass is 10.5. The maximum atomic E-state index is 11.3. The molecule has 1 saturated carbocycles. The average Bonchev–Trinajstić information content (AvgIpc) is 2.99. The lowest BCUT2D eigenvalue weighted by Crippen LogP contribution is -2.30. The molecule has 1 amide bonds. The van der Waals surface area contributed by atoms with Gasteiger partial charge in [0, 0.05) is 17.9 Å². The normalized spacial score (nSPS) is 14.7. The Morgan fingerprint density at radius 3 is 3.13 bits per heavy atom. The molecule has 15 heavy (non-hydrogen) atoms. The van der Waals surface area contributed by atoms with E-state index in [4.69, 9.17) is 4.74 Å². The topological polar surface area (TPSA) is 64.1 Å². The van der Waals surface area contributed by atoms with Gasteiger partial charge in [0.15, 0.2) is 6.61 Å². The molecule has 1 aliphatic rings. The van der Waals surface area contributed by atoms with Crippen molar-refractivity contribution in [1.29, 1.82) is 0 Å². The molecule has 0 bridgehead atoms. The third-order valence-electron chi connectivity index (χ3n) is 2.05. The van der Waals surface area contributed by atoms with Gasteiger partial charge in [-0.1, -0.05) is 0 Å². The number of ether oxygens (including phenoxy) is 1. The highest BCUT2D eigenvalue weighted by Crippen LogP contribution is 2.18. The summed E-state index contributed by atoms with van der Waals surface area (Å²) in [7, 11) is 0. The summed E-state index contributed by atoms with van der Waals surface area (Å²) < 4.78 is 5.14. The third-order valence-corrected chi connectivity index (χ3v) is 2.05. The van der Waals surface area contributed by atoms with Crippen LogP contribution in [-0.4, -0.2) is 28.5 Å². The Kier molecular flexibility index (Phi) is 2.80. The minimum atomic E-state index is -0.109. The minimum Gasteiger partial charge on any atom is -0.453 e. The molecule has 1 heterocycles. The van der Waals surface area contributed by atoms with Crippen LogP contribution in [0.3, 0.4) is 0 Å². The van der Waals surface area contributed by atoms with E-state index in [2.05, 4.69) is 15.3 Å². The molecule has 0 radical (unpaired) electrons. The molecule has 5 nitrogen and oxygen atoms in total. The highest BCUT2D eigenvalue weighted by atomic mass is 16.5. The van der Waals surface area contributed by atoms with Crippen LogP contribution in [0.2, 0.25) is 0 Å². The molecule has 0 atom stereocenters. The average molecular weight is 207 g/mol. The maximum Gasteiger partial charge on any atom is 0.317 e. The molecule has 1 aliphatic carbocycles. The van der Waals surface area contributed by atoms with Gasteiger partial charge < -0.3 is 10.1 Å². The fourth-order valence-corrected chi connectivity index (χ4v) is 1.12. The van der Waals surface area contributed by atoms with E-state index < -0.39 is 0 Å². The van der Waals surface area contributed by atoms with E-state index in [0.29, 0.717) is 6.04 Å². The Labute approximate surface area is 87.9 Å². The maximum absolute atomic E-state index is 11.3. The SMILES string of the molecule is Cc1ccnc(OCC(=O)NC2CC2)n1. The Morgan fingerprint density at radius 2 is 2.47 bits per heavy atom. The highest BCUT2D eigenvalue weighted by molar-refractivity contribution is 5.78. The largest absolute Gasteiger partial charge is 0.453 e. The molecule has 80 valence electrons. The summed E-state index contributed by atoms with van der Waals surface area (Å²) >= 11 is 0. The Bertz CT molecular complexity index is 363. The van der Waals surface area contributed by atoms with Crippen molar-refractivity contribution in [2.24, 2.45) is 0 Å². The van der Waals surface area contributed by atoms with Crippen molar-refractivity contribution in [2.75, 3.05) is 6.61 Å². The second kappa shape index (κ2) is 4.25. The molecule has 0 unspecified atom stereocenters. The number of rotatable bonds is 4. The van der Waals surface area contributed by atoms with E-state index in [1.54, 1.807) is 12.3 Å². The van der Waals surface area contributed by atoms with Crippen molar-refractivity contribution in [1.82, 2.24) is 15.3 Å². The van der Waals surface area contributed by atoms with Crippen molar-refractivity contribution < 1.29 is 9.53 Å². The van der Waals surface area contributed by atoms with Gasteiger partial charge in [-0.15, -0.1) is 0 Å². The number of carbonyl (C=O) groups excluding carboxylic acids is 1. The molecule has 1 aromatic rings. The van der Waals surface area contributed by atoms with Gasteiger partial charge in [0.05, 0.1) is 0 Å². The second-order valence-corrected chi connectivity index (χ2v) is 3.61. The Hall–Kier alpha value is -1.65. The summed E-state index contributed by atoms with van der Waals surface area (Å²) in [5.41, 5.74) is 0.822. The van der Waals surface area contributed by atoms with Crippen molar-refractivity contribution >= 4 is 5.91 Å². The molecule has 1 fully saturated rings. The molecule has 1 aromatic heterocycles. The smallest absolute Gasteiger partial charge is 0.317 e. The second-order valence-electron chi connectivity index (χ2n) is 3.61. The van der Waals surface area contributed by atoms with Gasteiger partial charge >= 0.3 is 6.01 Å². The van der Waals surface area contributed by atoms with Crippen LogP contribution in [0.15, 0.2) is 12.3 Å². The van der Waals surface area contributed by atoms with Gasteiger partial charge in [0.2, 0.25) is 0 Å². The number of hydrogen-bond acceptors (Lipinski definition) is 4. The molecule has 0 aliphatic heterocycles. The van der Waals surface area contributed by atoms with Crippen molar-refractivity contribution in [3.63, 3.8) is 0 Å². The van der Waals surface area contributed by atoms with Crippen LogP contribution in [0.1, 0.15) is 18.5 Å². The standard InChI is InChI=1S/C10H13N3O2/c1-7-4-5-11-10(12-7)15-6-9(14)13-8-2-3-8/h4-5,8H,2-3,6H2,1H3,(H,13,14). The Morgan fingerprint density at radius 1 is 1.67 bits per heavy atom. The molecule has 0 spiro atoms. The summed E-state index contributed by atoms with van der Waals surface area (Å²) in [5.74, 6) is -0.109. The monoisotopic (exact) mass is 207 g/mol. The van der Waals surface area contributed by atoms with Gasteiger partial charge in [-0.2, -0.15) is 0 Å². The van der Waals surface area contributed by atoms with E-state index in [1.807, 2.05) is 6.92 Å². The summed E-state index contributed by atoms with van der Waals surface area (Å²) in [4.78, 5) is 19.2. The molecule has 0 aromatic carbocycles. The van der Waals surface area contributed by atoms with Crippen LogP contribution in [0.25, 0.3) is 0 Å². The van der Waals surface area contributed by atoms with E-state index in [1.165, 1.54) is 0 Å². The zero-order valence-corrected chi connectivity index (χ0v) is 8.56. The number of amides is 1. The van der Waals surface area contributed by atoms with Gasteiger partial charge in [-0.25, -0.2) is 9.97 Å². The van der Waals surface area contributed by atoms with Crippen molar-refractivity contribution in [3.05, 3.63) is 18.0 Å². The van der Waals surface area contributed by atoms with E-state index in [0.717, 1.165) is 18.5 Å². The molecule has 1 N–H and O–H groups in total. The zero-order chi connectivity index (χ0) is 10.7. The molecule has 0 saturated heterocycles. The fourth-order valence-electron chi connectivity index (χ4n) is 1.12. The molecule has 2 rings (SSSR count). The lowest BCUT2D eigenvalue weighted by Gasteiger charge is -2.04. The van der Waals surface area contributed by atoms with Crippen LogP contribution in [0.4, 0.5) is 0 Å². The summed E-state index contributed by atoms with van der Waals surface area (Å²) in [5, 5.41) is 2.82. The van der Waals surface area contributed by atoms with E-state index >= 15 is 0 Å². The number of aryl methyl sites for hydroxylation is 1. The Balaban J connectivity index is 1.78. The number of carbonyl (C=O) groups is 1. The number of hydrogen-bond donors (Lipinski definition) is 1. The highest BCUT2D eigenvalue weighted by Gasteiger charge is 2.23. The molecular weight excluding hydrogens is 194 g/mol. The van der Waals surface area contributed by atoms with Gasteiger partial charge in [0.1, 0.15) is 0 Å². The zero-order valence-electron chi connectivity index (χ0n) is 8.56. The van der Waals surface area contributed by atoms with E-state index in [9.17, 15) is 4.79 Å². The predicted octanol–water partition coefficient (Wildman–Crippen LogP) is 0.442. The van der Waals surface area contributed by atoms with Crippen LogP contribution in [0, 0.1) is 6.92 Å². The summed E-state index contributed by atoms with van der Waals surface area (Å²) in [6.45, 7) is 1.83. The molecular formula is C10H13N3O2. The number of aromatic nitrogens is 2. The van der Waals surface area contributed by atoms with Gasteiger partial charge in [-0.05, 0) is 25.8 Å². The van der Waals surface area contributed by atoms with Crippen LogP contribution in [-0.2, 0) is 4.79 Å². The van der Waals surface area contributed by atoms with Crippen LogP contribution < -0.4 is 10.1 Å². The van der Waals surface area contributed by atoms with Crippen LogP contribution in [0.5, 0.6) is 6.01 Å². The minimum absolute atomic E-state index is 0.0139. The number of nitrogens with zero attached hydrogens (tertiary/aromatic N) is 2. The van der Waals surface area contributed by atoms with Gasteiger partial charge in [-0.3, -0.25) is 4.79 Å². The lowest BCUT2D eigenvalue weighted by molar-refractivity contribution is -0.123.